The zero-order chi connectivity index (χ0) is 22.1. The Labute approximate surface area is 183 Å². The largest absolute Gasteiger partial charge is 0.493 e. The molecule has 1 aliphatic rings. The fourth-order valence-electron chi connectivity index (χ4n) is 3.70. The molecule has 0 aromatic heterocycles. The maximum absolute atomic E-state index is 12.8. The second-order valence-corrected chi connectivity index (χ2v) is 7.48. The summed E-state index contributed by atoms with van der Waals surface area (Å²) in [6.45, 7) is 2.78. The number of ether oxygens (including phenoxy) is 2. The molecule has 3 rings (SSSR count). The van der Waals surface area contributed by atoms with Gasteiger partial charge in [-0.15, -0.1) is 0 Å². The highest BCUT2D eigenvalue weighted by Crippen LogP contribution is 2.36. The van der Waals surface area contributed by atoms with Crippen LogP contribution in [0.3, 0.4) is 0 Å². The molecule has 1 unspecified atom stereocenters. The van der Waals surface area contributed by atoms with Gasteiger partial charge in [-0.2, -0.15) is 0 Å². The molecule has 2 aromatic carbocycles. The van der Waals surface area contributed by atoms with Gasteiger partial charge in [0.05, 0.1) is 31.0 Å². The third-order valence-corrected chi connectivity index (χ3v) is 5.28. The summed E-state index contributed by atoms with van der Waals surface area (Å²) < 4.78 is 11.1. The number of esters is 1. The van der Waals surface area contributed by atoms with Gasteiger partial charge in [-0.3, -0.25) is 0 Å². The van der Waals surface area contributed by atoms with Crippen molar-refractivity contribution in [3.8, 4) is 5.75 Å². The average molecular weight is 423 g/mol. The zero-order valence-corrected chi connectivity index (χ0v) is 18.1. The molecule has 0 bridgehead atoms. The third kappa shape index (κ3) is 5.66. The number of urea groups is 1. The van der Waals surface area contributed by atoms with Crippen LogP contribution in [0.25, 0.3) is 5.70 Å². The molecular weight excluding hydrogens is 392 g/mol. The Kier molecular flexibility index (Phi) is 8.10. The second-order valence-electron chi connectivity index (χ2n) is 7.48. The van der Waals surface area contributed by atoms with Gasteiger partial charge in [-0.25, -0.2) is 9.59 Å². The van der Waals surface area contributed by atoms with Gasteiger partial charge in [0, 0.05) is 5.56 Å². The number of hydrogen-bond acceptors (Lipinski definition) is 4. The van der Waals surface area contributed by atoms with Crippen molar-refractivity contribution in [1.29, 1.82) is 0 Å². The summed E-state index contributed by atoms with van der Waals surface area (Å²) in [5, 5.41) is 5.64. The number of para-hydroxylation sites is 1. The molecule has 164 valence electrons. The van der Waals surface area contributed by atoms with Gasteiger partial charge in [0.25, 0.3) is 0 Å². The normalized spacial score (nSPS) is 15.8. The van der Waals surface area contributed by atoms with Gasteiger partial charge in [0.1, 0.15) is 5.75 Å². The number of unbranched alkanes of at least 4 members (excludes halogenated alkanes) is 4. The summed E-state index contributed by atoms with van der Waals surface area (Å²) in [6.07, 6.45) is 5.70. The first-order chi connectivity index (χ1) is 15.2. The maximum Gasteiger partial charge on any atom is 0.338 e. The van der Waals surface area contributed by atoms with Crippen LogP contribution < -0.4 is 15.4 Å². The van der Waals surface area contributed by atoms with Crippen LogP contribution in [0, 0.1) is 0 Å². The number of hydrogen-bond donors (Lipinski definition) is 2. The number of carbonyl (C=O) groups is 2. The molecule has 6 heteroatoms. The molecule has 1 atom stereocenters. The minimum Gasteiger partial charge on any atom is -0.493 e. The van der Waals surface area contributed by atoms with Crippen LogP contribution >= 0.6 is 0 Å². The molecular formula is C25H30N2O4. The van der Waals surface area contributed by atoms with Gasteiger partial charge < -0.3 is 20.1 Å². The third-order valence-electron chi connectivity index (χ3n) is 5.28. The van der Waals surface area contributed by atoms with E-state index in [9.17, 15) is 9.59 Å². The highest BCUT2D eigenvalue weighted by Gasteiger charge is 2.35. The summed E-state index contributed by atoms with van der Waals surface area (Å²) in [4.78, 5) is 25.3. The first-order valence-electron chi connectivity index (χ1n) is 10.8. The molecule has 2 aromatic rings. The van der Waals surface area contributed by atoms with Gasteiger partial charge in [0.15, 0.2) is 0 Å². The van der Waals surface area contributed by atoms with Crippen LogP contribution in [0.4, 0.5) is 4.79 Å². The molecule has 0 aliphatic carbocycles. The number of rotatable bonds is 10. The Morgan fingerprint density at radius 1 is 0.968 bits per heavy atom. The van der Waals surface area contributed by atoms with Gasteiger partial charge >= 0.3 is 12.0 Å². The molecule has 0 spiro atoms. The molecule has 1 aliphatic heterocycles. The van der Waals surface area contributed by atoms with Gasteiger partial charge in [-0.05, 0) is 18.1 Å². The van der Waals surface area contributed by atoms with Crippen molar-refractivity contribution >= 4 is 17.7 Å². The molecule has 0 radical (unpaired) electrons. The average Bonchev–Trinajstić information content (AvgIpc) is 2.81. The lowest BCUT2D eigenvalue weighted by molar-refractivity contribution is -0.136. The van der Waals surface area contributed by atoms with E-state index in [1.165, 1.54) is 26.4 Å². The molecule has 0 saturated carbocycles. The van der Waals surface area contributed by atoms with Crippen LogP contribution in [-0.4, -0.2) is 25.7 Å². The zero-order valence-electron chi connectivity index (χ0n) is 18.1. The SMILES string of the molecule is CCCCCCCOc1ccccc1C1NC(=O)NC(c2ccccc2)=C1C(=O)OC. The minimum absolute atomic E-state index is 0.340. The van der Waals surface area contributed by atoms with E-state index in [2.05, 4.69) is 17.6 Å². The Morgan fingerprint density at radius 3 is 2.42 bits per heavy atom. The summed E-state index contributed by atoms with van der Waals surface area (Å²) in [5.74, 6) is 0.143. The highest BCUT2D eigenvalue weighted by atomic mass is 16.5. The Bertz CT molecular complexity index is 924. The fourth-order valence-corrected chi connectivity index (χ4v) is 3.70. The Morgan fingerprint density at radius 2 is 1.68 bits per heavy atom. The van der Waals surface area contributed by atoms with E-state index < -0.39 is 12.0 Å². The highest BCUT2D eigenvalue weighted by molar-refractivity contribution is 6.04. The lowest BCUT2D eigenvalue weighted by atomic mass is 9.92. The number of carbonyl (C=O) groups excluding carboxylic acids is 2. The molecule has 2 N–H and O–H groups in total. The lowest BCUT2D eigenvalue weighted by Crippen LogP contribution is -2.45. The standard InChI is InChI=1S/C25H30N2O4/c1-3-4-5-6-12-17-31-20-16-11-10-15-19(20)23-21(24(28)30-2)22(26-25(29)27-23)18-13-8-7-9-14-18/h7-11,13-16,23H,3-6,12,17H2,1-2H3,(H2,26,27,29). The lowest BCUT2D eigenvalue weighted by Gasteiger charge is -2.30. The van der Waals surface area contributed by atoms with Crippen molar-refractivity contribution in [3.63, 3.8) is 0 Å². The van der Waals surface area contributed by atoms with Crippen LogP contribution in [-0.2, 0) is 9.53 Å². The van der Waals surface area contributed by atoms with E-state index in [1.54, 1.807) is 0 Å². The summed E-state index contributed by atoms with van der Waals surface area (Å²) in [6, 6.07) is 15.7. The van der Waals surface area contributed by atoms with Crippen LogP contribution in [0.5, 0.6) is 5.75 Å². The molecule has 0 saturated heterocycles. The monoisotopic (exact) mass is 422 g/mol. The van der Waals surface area contributed by atoms with Crippen molar-refractivity contribution in [2.45, 2.75) is 45.1 Å². The number of methoxy groups -OCH3 is 1. The van der Waals surface area contributed by atoms with Gasteiger partial charge in [0.2, 0.25) is 0 Å². The maximum atomic E-state index is 12.8. The van der Waals surface area contributed by atoms with Crippen LogP contribution in [0.1, 0.15) is 56.2 Å². The molecule has 2 amide bonds. The van der Waals surface area contributed by atoms with Crippen molar-refractivity contribution in [2.24, 2.45) is 0 Å². The molecule has 6 nitrogen and oxygen atoms in total. The number of nitrogens with one attached hydrogen (secondary N) is 2. The first kappa shape index (κ1) is 22.4. The van der Waals surface area contributed by atoms with Crippen molar-refractivity contribution in [3.05, 3.63) is 71.3 Å². The second kappa shape index (κ2) is 11.2. The van der Waals surface area contributed by atoms with Crippen LogP contribution in [0.2, 0.25) is 0 Å². The van der Waals surface area contributed by atoms with Crippen LogP contribution in [0.15, 0.2) is 60.2 Å². The Hall–Kier alpha value is -3.28. The predicted molar refractivity (Wildman–Crippen MR) is 120 cm³/mol. The minimum atomic E-state index is -0.687. The van der Waals surface area contributed by atoms with E-state index in [0.29, 0.717) is 23.6 Å². The van der Waals surface area contributed by atoms with E-state index in [0.717, 1.165) is 24.0 Å². The number of benzene rings is 2. The van der Waals surface area contributed by atoms with E-state index in [1.807, 2.05) is 54.6 Å². The smallest absolute Gasteiger partial charge is 0.338 e. The van der Waals surface area contributed by atoms with Gasteiger partial charge in [-0.1, -0.05) is 81.1 Å². The predicted octanol–water partition coefficient (Wildman–Crippen LogP) is 4.97. The van der Waals surface area contributed by atoms with Crippen molar-refractivity contribution in [1.82, 2.24) is 10.6 Å². The molecule has 0 fully saturated rings. The summed E-state index contributed by atoms with van der Waals surface area (Å²) in [5.41, 5.74) is 2.24. The van der Waals surface area contributed by atoms with E-state index >= 15 is 0 Å². The fraction of sp³-hybridized carbons (Fsp3) is 0.360. The van der Waals surface area contributed by atoms with Crippen molar-refractivity contribution < 1.29 is 19.1 Å². The Balaban J connectivity index is 1.93. The van der Waals surface area contributed by atoms with E-state index in [-0.39, 0.29) is 6.03 Å². The topological polar surface area (TPSA) is 76.7 Å². The molecule has 1 heterocycles. The quantitative estimate of drug-likeness (QED) is 0.418. The summed E-state index contributed by atoms with van der Waals surface area (Å²) >= 11 is 0. The summed E-state index contributed by atoms with van der Waals surface area (Å²) in [7, 11) is 1.34. The number of amides is 2. The molecule has 31 heavy (non-hydrogen) atoms. The van der Waals surface area contributed by atoms with Crippen molar-refractivity contribution in [2.75, 3.05) is 13.7 Å². The first-order valence-corrected chi connectivity index (χ1v) is 10.8. The van der Waals surface area contributed by atoms with E-state index in [4.69, 9.17) is 9.47 Å².